The zero-order chi connectivity index (χ0) is 13.3. The van der Waals surface area contributed by atoms with Crippen molar-refractivity contribution in [3.05, 3.63) is 33.6 Å². The van der Waals surface area contributed by atoms with E-state index in [9.17, 15) is 4.79 Å². The van der Waals surface area contributed by atoms with Gasteiger partial charge in [0.05, 0.1) is 10.1 Å². The first kappa shape index (κ1) is 13.3. The van der Waals surface area contributed by atoms with Crippen molar-refractivity contribution >= 4 is 21.6 Å². The van der Waals surface area contributed by atoms with Crippen LogP contribution in [0, 0.1) is 13.8 Å². The molecule has 0 aliphatic carbocycles. The summed E-state index contributed by atoms with van der Waals surface area (Å²) in [5.74, 6) is 0. The molecule has 1 heterocycles. The van der Waals surface area contributed by atoms with Gasteiger partial charge in [0, 0.05) is 6.54 Å². The first-order valence-corrected chi connectivity index (χ1v) is 7.02. The summed E-state index contributed by atoms with van der Waals surface area (Å²) in [6.45, 7) is 5.92. The molecule has 2 aromatic rings. The highest BCUT2D eigenvalue weighted by molar-refractivity contribution is 7.13. The van der Waals surface area contributed by atoms with E-state index in [4.69, 9.17) is 0 Å². The standard InChI is InChI=1S/C14H20N2OS/c1-10-8-11(2)13-12(9-10)18-16(14(13)17)7-5-6-15(3)4/h8-9H,5-7H2,1-4H3. The number of benzene rings is 1. The Bertz CT molecular complexity index is 610. The van der Waals surface area contributed by atoms with Crippen molar-refractivity contribution in [3.8, 4) is 0 Å². The van der Waals surface area contributed by atoms with Crippen molar-refractivity contribution in [1.29, 1.82) is 0 Å². The van der Waals surface area contributed by atoms with Gasteiger partial charge < -0.3 is 4.90 Å². The van der Waals surface area contributed by atoms with Crippen LogP contribution in [0.15, 0.2) is 16.9 Å². The molecule has 1 aromatic carbocycles. The molecular formula is C14H20N2OS. The zero-order valence-electron chi connectivity index (χ0n) is 11.5. The Morgan fingerprint density at radius 2 is 2.00 bits per heavy atom. The third kappa shape index (κ3) is 2.65. The molecule has 0 saturated carbocycles. The van der Waals surface area contributed by atoms with Crippen LogP contribution in [-0.2, 0) is 6.54 Å². The molecule has 98 valence electrons. The third-order valence-electron chi connectivity index (χ3n) is 3.06. The Balaban J connectivity index is 2.33. The highest BCUT2D eigenvalue weighted by Crippen LogP contribution is 2.22. The van der Waals surface area contributed by atoms with Crippen LogP contribution in [0.4, 0.5) is 0 Å². The lowest BCUT2D eigenvalue weighted by Crippen LogP contribution is -2.18. The van der Waals surface area contributed by atoms with E-state index in [-0.39, 0.29) is 5.56 Å². The van der Waals surface area contributed by atoms with E-state index in [1.807, 2.05) is 10.9 Å². The Hall–Kier alpha value is -1.13. The monoisotopic (exact) mass is 264 g/mol. The number of aromatic nitrogens is 1. The van der Waals surface area contributed by atoms with Crippen molar-refractivity contribution in [1.82, 2.24) is 8.86 Å². The van der Waals surface area contributed by atoms with Gasteiger partial charge in [0.25, 0.3) is 5.56 Å². The van der Waals surface area contributed by atoms with Gasteiger partial charge >= 0.3 is 0 Å². The van der Waals surface area contributed by atoms with Gasteiger partial charge in [-0.25, -0.2) is 0 Å². The predicted molar refractivity (Wildman–Crippen MR) is 78.7 cm³/mol. The summed E-state index contributed by atoms with van der Waals surface area (Å²) < 4.78 is 3.00. The summed E-state index contributed by atoms with van der Waals surface area (Å²) in [7, 11) is 4.11. The number of fused-ring (bicyclic) bond motifs is 1. The predicted octanol–water partition coefficient (Wildman–Crippen LogP) is 2.63. The van der Waals surface area contributed by atoms with Gasteiger partial charge in [0.2, 0.25) is 0 Å². The second-order valence-electron chi connectivity index (χ2n) is 5.11. The molecular weight excluding hydrogens is 244 g/mol. The fourth-order valence-electron chi connectivity index (χ4n) is 2.24. The van der Waals surface area contributed by atoms with Gasteiger partial charge in [0.1, 0.15) is 0 Å². The number of aryl methyl sites for hydroxylation is 3. The van der Waals surface area contributed by atoms with Crippen LogP contribution in [0.2, 0.25) is 0 Å². The van der Waals surface area contributed by atoms with E-state index in [1.54, 1.807) is 11.5 Å². The van der Waals surface area contributed by atoms with Crippen molar-refractivity contribution in [2.45, 2.75) is 26.8 Å². The van der Waals surface area contributed by atoms with E-state index in [0.29, 0.717) is 0 Å². The molecule has 0 amide bonds. The SMILES string of the molecule is Cc1cc(C)c2c(=O)n(CCCN(C)C)sc2c1. The second-order valence-corrected chi connectivity index (χ2v) is 6.17. The average Bonchev–Trinajstić information content (AvgIpc) is 2.55. The minimum atomic E-state index is 0.172. The maximum atomic E-state index is 12.3. The molecule has 0 unspecified atom stereocenters. The molecule has 0 spiro atoms. The van der Waals surface area contributed by atoms with Crippen LogP contribution in [0.5, 0.6) is 0 Å². The van der Waals surface area contributed by atoms with Crippen LogP contribution < -0.4 is 5.56 Å². The molecule has 0 atom stereocenters. The molecule has 0 N–H and O–H groups in total. The van der Waals surface area contributed by atoms with E-state index in [2.05, 4.69) is 38.1 Å². The summed E-state index contributed by atoms with van der Waals surface area (Å²) in [5, 5.41) is 0.899. The first-order chi connectivity index (χ1) is 8.49. The lowest BCUT2D eigenvalue weighted by molar-refractivity contribution is 0.389. The largest absolute Gasteiger partial charge is 0.309 e. The topological polar surface area (TPSA) is 25.2 Å². The van der Waals surface area contributed by atoms with Gasteiger partial charge in [-0.05, 0) is 58.1 Å². The third-order valence-corrected chi connectivity index (χ3v) is 4.15. The maximum absolute atomic E-state index is 12.3. The molecule has 0 saturated heterocycles. The molecule has 4 heteroatoms. The van der Waals surface area contributed by atoms with Gasteiger partial charge in [0.15, 0.2) is 0 Å². The molecule has 0 aliphatic rings. The number of rotatable bonds is 4. The van der Waals surface area contributed by atoms with Crippen molar-refractivity contribution in [2.24, 2.45) is 0 Å². The van der Waals surface area contributed by atoms with Gasteiger partial charge in [-0.3, -0.25) is 8.75 Å². The minimum absolute atomic E-state index is 0.172. The number of hydrogen-bond donors (Lipinski definition) is 0. The molecule has 0 fully saturated rings. The van der Waals surface area contributed by atoms with Gasteiger partial charge in [-0.15, -0.1) is 0 Å². The van der Waals surface area contributed by atoms with Crippen LogP contribution in [0.25, 0.3) is 10.1 Å². The van der Waals surface area contributed by atoms with E-state index in [0.717, 1.165) is 35.2 Å². The Morgan fingerprint density at radius 3 is 2.67 bits per heavy atom. The summed E-state index contributed by atoms with van der Waals surface area (Å²) in [4.78, 5) is 14.4. The molecule has 3 nitrogen and oxygen atoms in total. The second kappa shape index (κ2) is 5.24. The Labute approximate surface area is 112 Å². The van der Waals surface area contributed by atoms with E-state index < -0.39 is 0 Å². The zero-order valence-corrected chi connectivity index (χ0v) is 12.3. The molecule has 0 radical (unpaired) electrons. The summed E-state index contributed by atoms with van der Waals surface area (Å²) in [6.07, 6.45) is 1.01. The normalized spacial score (nSPS) is 11.6. The van der Waals surface area contributed by atoms with E-state index >= 15 is 0 Å². The fraction of sp³-hybridized carbons (Fsp3) is 0.500. The highest BCUT2D eigenvalue weighted by Gasteiger charge is 2.10. The molecule has 18 heavy (non-hydrogen) atoms. The highest BCUT2D eigenvalue weighted by atomic mass is 32.1. The fourth-order valence-corrected chi connectivity index (χ4v) is 3.45. The van der Waals surface area contributed by atoms with Gasteiger partial charge in [-0.1, -0.05) is 17.6 Å². The van der Waals surface area contributed by atoms with Crippen LogP contribution >= 0.6 is 11.5 Å². The number of hydrogen-bond acceptors (Lipinski definition) is 3. The Morgan fingerprint density at radius 1 is 1.28 bits per heavy atom. The first-order valence-electron chi connectivity index (χ1n) is 6.25. The summed E-state index contributed by atoms with van der Waals surface area (Å²) in [5.41, 5.74) is 2.49. The lowest BCUT2D eigenvalue weighted by atomic mass is 10.1. The van der Waals surface area contributed by atoms with Crippen LogP contribution in [-0.4, -0.2) is 29.5 Å². The minimum Gasteiger partial charge on any atom is -0.309 e. The maximum Gasteiger partial charge on any atom is 0.268 e. The molecule has 2 rings (SSSR count). The van der Waals surface area contributed by atoms with Crippen molar-refractivity contribution < 1.29 is 0 Å². The number of nitrogens with zero attached hydrogens (tertiary/aromatic N) is 2. The molecule has 1 aromatic heterocycles. The quantitative estimate of drug-likeness (QED) is 0.848. The summed E-state index contributed by atoms with van der Waals surface area (Å²) in [6, 6.07) is 4.19. The van der Waals surface area contributed by atoms with Gasteiger partial charge in [-0.2, -0.15) is 0 Å². The molecule has 0 bridgehead atoms. The average molecular weight is 264 g/mol. The van der Waals surface area contributed by atoms with Crippen molar-refractivity contribution in [3.63, 3.8) is 0 Å². The van der Waals surface area contributed by atoms with Crippen LogP contribution in [0.1, 0.15) is 17.5 Å². The lowest BCUT2D eigenvalue weighted by Gasteiger charge is -2.08. The van der Waals surface area contributed by atoms with E-state index in [1.165, 1.54) is 5.56 Å². The van der Waals surface area contributed by atoms with Crippen LogP contribution in [0.3, 0.4) is 0 Å². The summed E-state index contributed by atoms with van der Waals surface area (Å²) >= 11 is 1.59. The Kier molecular flexibility index (Phi) is 3.88. The molecule has 0 aliphatic heterocycles. The smallest absolute Gasteiger partial charge is 0.268 e. The van der Waals surface area contributed by atoms with Crippen molar-refractivity contribution in [2.75, 3.05) is 20.6 Å².